The standard InChI is InChI=1S/C16H15F2N3O2/c17-9-1-2-13(18)12(5-9)15-7-11(22)8-21(15)10-3-4-20-14(6-10)16(19)23/h1-6,11,15,22H,7-8H2,(H2,19,23)/t11-,15-/m0/s1. The number of β-amino-alcohol motifs (C(OH)–C–C–N with tert-alkyl or cyclic N) is 1. The number of benzene rings is 1. The second kappa shape index (κ2) is 5.92. The van der Waals surface area contributed by atoms with Crippen LogP contribution in [0.15, 0.2) is 36.5 Å². The number of nitrogens with zero attached hydrogens (tertiary/aromatic N) is 2. The second-order valence-corrected chi connectivity index (χ2v) is 5.49. The van der Waals surface area contributed by atoms with E-state index in [-0.39, 0.29) is 24.2 Å². The minimum atomic E-state index is -0.687. The molecule has 0 spiro atoms. The fraction of sp³-hybridized carbons (Fsp3) is 0.250. The molecule has 2 atom stereocenters. The van der Waals surface area contributed by atoms with Crippen molar-refractivity contribution in [2.75, 3.05) is 11.4 Å². The highest BCUT2D eigenvalue weighted by Crippen LogP contribution is 2.37. The number of halogens is 2. The lowest BCUT2D eigenvalue weighted by Crippen LogP contribution is -2.25. The van der Waals surface area contributed by atoms with Gasteiger partial charge in [-0.2, -0.15) is 0 Å². The maximum Gasteiger partial charge on any atom is 0.267 e. The summed E-state index contributed by atoms with van der Waals surface area (Å²) in [4.78, 5) is 16.8. The molecule has 7 heteroatoms. The minimum Gasteiger partial charge on any atom is -0.391 e. The first kappa shape index (κ1) is 15.4. The highest BCUT2D eigenvalue weighted by Gasteiger charge is 2.34. The van der Waals surface area contributed by atoms with Crippen LogP contribution in [0.1, 0.15) is 28.5 Å². The van der Waals surface area contributed by atoms with Crippen LogP contribution in [0.2, 0.25) is 0 Å². The van der Waals surface area contributed by atoms with Gasteiger partial charge in [-0.15, -0.1) is 0 Å². The van der Waals surface area contributed by atoms with Gasteiger partial charge < -0.3 is 15.7 Å². The van der Waals surface area contributed by atoms with E-state index in [4.69, 9.17) is 5.73 Å². The van der Waals surface area contributed by atoms with Crippen LogP contribution in [0, 0.1) is 11.6 Å². The van der Waals surface area contributed by atoms with Crippen molar-refractivity contribution in [1.29, 1.82) is 0 Å². The van der Waals surface area contributed by atoms with Crippen LogP contribution in [-0.2, 0) is 0 Å². The number of pyridine rings is 1. The Kier molecular flexibility index (Phi) is 3.96. The molecule has 0 saturated carbocycles. The summed E-state index contributed by atoms with van der Waals surface area (Å²) >= 11 is 0. The molecular weight excluding hydrogens is 304 g/mol. The molecule has 2 aromatic rings. The second-order valence-electron chi connectivity index (χ2n) is 5.49. The van der Waals surface area contributed by atoms with Crippen molar-refractivity contribution in [3.63, 3.8) is 0 Å². The summed E-state index contributed by atoms with van der Waals surface area (Å²) in [5, 5.41) is 9.97. The zero-order valence-electron chi connectivity index (χ0n) is 12.1. The number of aliphatic hydroxyl groups excluding tert-OH is 1. The topological polar surface area (TPSA) is 79.5 Å². The Bertz CT molecular complexity index is 754. The van der Waals surface area contributed by atoms with Crippen LogP contribution in [0.5, 0.6) is 0 Å². The Morgan fingerprint density at radius 2 is 2.09 bits per heavy atom. The van der Waals surface area contributed by atoms with Crippen LogP contribution in [0.3, 0.4) is 0 Å². The van der Waals surface area contributed by atoms with E-state index >= 15 is 0 Å². The van der Waals surface area contributed by atoms with E-state index in [0.29, 0.717) is 5.69 Å². The number of carbonyl (C=O) groups excluding carboxylic acids is 1. The van der Waals surface area contributed by atoms with Crippen molar-refractivity contribution in [2.45, 2.75) is 18.6 Å². The molecule has 120 valence electrons. The van der Waals surface area contributed by atoms with Gasteiger partial charge in [0.25, 0.3) is 5.91 Å². The molecule has 1 amide bonds. The molecule has 0 radical (unpaired) electrons. The molecule has 1 fully saturated rings. The Morgan fingerprint density at radius 3 is 2.83 bits per heavy atom. The van der Waals surface area contributed by atoms with E-state index < -0.39 is 29.7 Å². The normalized spacial score (nSPS) is 20.7. The molecular formula is C16H15F2N3O2. The molecule has 0 bridgehead atoms. The zero-order valence-corrected chi connectivity index (χ0v) is 12.1. The third kappa shape index (κ3) is 3.00. The van der Waals surface area contributed by atoms with Gasteiger partial charge in [0.05, 0.1) is 12.1 Å². The molecule has 0 unspecified atom stereocenters. The van der Waals surface area contributed by atoms with Crippen LogP contribution in [0.4, 0.5) is 14.5 Å². The number of anilines is 1. The lowest BCUT2D eigenvalue weighted by atomic mass is 10.0. The molecule has 3 N–H and O–H groups in total. The van der Waals surface area contributed by atoms with Gasteiger partial charge in [0.1, 0.15) is 17.3 Å². The van der Waals surface area contributed by atoms with Gasteiger partial charge in [-0.1, -0.05) is 0 Å². The SMILES string of the molecule is NC(=O)c1cc(N2C[C@@H](O)C[C@H]2c2cc(F)ccc2F)ccn1. The Balaban J connectivity index is 2.01. The highest BCUT2D eigenvalue weighted by molar-refractivity contribution is 5.91. The number of nitrogens with two attached hydrogens (primary N) is 1. The van der Waals surface area contributed by atoms with Crippen molar-refractivity contribution in [3.05, 3.63) is 59.4 Å². The summed E-state index contributed by atoms with van der Waals surface area (Å²) in [6.07, 6.45) is 0.987. The van der Waals surface area contributed by atoms with Crippen LogP contribution in [-0.4, -0.2) is 28.6 Å². The van der Waals surface area contributed by atoms with Gasteiger partial charge in [0.15, 0.2) is 0 Å². The smallest absolute Gasteiger partial charge is 0.267 e. The zero-order chi connectivity index (χ0) is 16.6. The average Bonchev–Trinajstić information content (AvgIpc) is 2.91. The molecule has 2 heterocycles. The van der Waals surface area contributed by atoms with E-state index in [9.17, 15) is 18.7 Å². The Hall–Kier alpha value is -2.54. The monoisotopic (exact) mass is 319 g/mol. The van der Waals surface area contributed by atoms with E-state index in [1.165, 1.54) is 12.3 Å². The minimum absolute atomic E-state index is 0.0716. The Morgan fingerprint density at radius 1 is 1.30 bits per heavy atom. The van der Waals surface area contributed by atoms with Gasteiger partial charge in [0.2, 0.25) is 0 Å². The number of hydrogen-bond acceptors (Lipinski definition) is 4. The number of carbonyl (C=O) groups is 1. The molecule has 3 rings (SSSR count). The van der Waals surface area contributed by atoms with E-state index in [2.05, 4.69) is 4.98 Å². The Labute approximate surface area is 131 Å². The average molecular weight is 319 g/mol. The first-order chi connectivity index (χ1) is 11.0. The fourth-order valence-electron chi connectivity index (χ4n) is 2.90. The molecule has 1 aliphatic heterocycles. The molecule has 1 aromatic carbocycles. The summed E-state index contributed by atoms with van der Waals surface area (Å²) in [6, 6.07) is 5.81. The van der Waals surface area contributed by atoms with Gasteiger partial charge in [-0.05, 0) is 36.8 Å². The molecule has 5 nitrogen and oxygen atoms in total. The third-order valence-electron chi connectivity index (χ3n) is 3.92. The predicted molar refractivity (Wildman–Crippen MR) is 79.8 cm³/mol. The van der Waals surface area contributed by atoms with E-state index in [1.807, 2.05) is 0 Å². The van der Waals surface area contributed by atoms with Crippen LogP contribution < -0.4 is 10.6 Å². The maximum absolute atomic E-state index is 14.1. The molecule has 1 aliphatic rings. The van der Waals surface area contributed by atoms with Gasteiger partial charge in [-0.3, -0.25) is 9.78 Å². The summed E-state index contributed by atoms with van der Waals surface area (Å²) < 4.78 is 27.6. The maximum atomic E-state index is 14.1. The van der Waals surface area contributed by atoms with Crippen molar-refractivity contribution in [3.8, 4) is 0 Å². The number of rotatable bonds is 3. The number of hydrogen-bond donors (Lipinski definition) is 2. The van der Waals surface area contributed by atoms with Gasteiger partial charge >= 0.3 is 0 Å². The van der Waals surface area contributed by atoms with Crippen LogP contribution >= 0.6 is 0 Å². The number of primary amides is 1. The number of aliphatic hydroxyl groups is 1. The van der Waals surface area contributed by atoms with Crippen molar-refractivity contribution in [1.82, 2.24) is 4.98 Å². The lowest BCUT2D eigenvalue weighted by molar-refractivity contribution is 0.0995. The lowest BCUT2D eigenvalue weighted by Gasteiger charge is -2.27. The van der Waals surface area contributed by atoms with Crippen molar-refractivity contribution in [2.24, 2.45) is 5.73 Å². The summed E-state index contributed by atoms with van der Waals surface area (Å²) in [7, 11) is 0. The number of aromatic nitrogens is 1. The quantitative estimate of drug-likeness (QED) is 0.904. The largest absolute Gasteiger partial charge is 0.391 e. The predicted octanol–water partition coefficient (Wildman–Crippen LogP) is 1.77. The summed E-state index contributed by atoms with van der Waals surface area (Å²) in [5.74, 6) is -1.77. The molecule has 0 aliphatic carbocycles. The van der Waals surface area contributed by atoms with E-state index in [0.717, 1.165) is 18.2 Å². The number of amides is 1. The van der Waals surface area contributed by atoms with Gasteiger partial charge in [0, 0.05) is 24.0 Å². The first-order valence-electron chi connectivity index (χ1n) is 7.11. The van der Waals surface area contributed by atoms with Crippen LogP contribution in [0.25, 0.3) is 0 Å². The molecule has 1 aromatic heterocycles. The molecule has 23 heavy (non-hydrogen) atoms. The highest BCUT2D eigenvalue weighted by atomic mass is 19.1. The van der Waals surface area contributed by atoms with Crippen molar-refractivity contribution < 1.29 is 18.7 Å². The third-order valence-corrected chi connectivity index (χ3v) is 3.92. The first-order valence-corrected chi connectivity index (χ1v) is 7.11. The van der Waals surface area contributed by atoms with E-state index in [1.54, 1.807) is 11.0 Å². The van der Waals surface area contributed by atoms with Gasteiger partial charge in [-0.25, -0.2) is 8.78 Å². The van der Waals surface area contributed by atoms with Crippen molar-refractivity contribution >= 4 is 11.6 Å². The summed E-state index contributed by atoms with van der Waals surface area (Å²) in [6.45, 7) is 0.239. The molecule has 1 saturated heterocycles. The fourth-order valence-corrected chi connectivity index (χ4v) is 2.90. The summed E-state index contributed by atoms with van der Waals surface area (Å²) in [5.41, 5.74) is 6.03.